The standard InChI is InChI=1S/C18H21NO/c1-2-19-18-16-11-7-6-10-15(16)12-17(18)20-13-14-8-4-3-5-9-14/h3-11,17-19H,2,12-13H2,1H3. The maximum Gasteiger partial charge on any atom is 0.0814 e. The van der Waals surface area contributed by atoms with Crippen LogP contribution in [-0.4, -0.2) is 12.6 Å². The molecule has 0 spiro atoms. The Labute approximate surface area is 120 Å². The Balaban J connectivity index is 1.71. The molecule has 0 aromatic heterocycles. The first-order valence-corrected chi connectivity index (χ1v) is 7.35. The van der Waals surface area contributed by atoms with Crippen molar-refractivity contribution in [2.45, 2.75) is 32.1 Å². The number of fused-ring (bicyclic) bond motifs is 1. The molecule has 2 heteroatoms. The van der Waals surface area contributed by atoms with Crippen LogP contribution in [-0.2, 0) is 17.8 Å². The minimum atomic E-state index is 0.229. The summed E-state index contributed by atoms with van der Waals surface area (Å²) < 4.78 is 6.17. The first-order valence-electron chi connectivity index (χ1n) is 7.35. The molecule has 0 bridgehead atoms. The Morgan fingerprint density at radius 3 is 2.60 bits per heavy atom. The van der Waals surface area contributed by atoms with E-state index in [0.29, 0.717) is 12.6 Å². The molecule has 0 aliphatic heterocycles. The van der Waals surface area contributed by atoms with Crippen LogP contribution in [0.25, 0.3) is 0 Å². The molecule has 0 fully saturated rings. The summed E-state index contributed by atoms with van der Waals surface area (Å²) >= 11 is 0. The number of likely N-dealkylation sites (N-methyl/N-ethyl adjacent to an activating group) is 1. The van der Waals surface area contributed by atoms with E-state index in [1.807, 2.05) is 6.07 Å². The van der Waals surface area contributed by atoms with E-state index in [-0.39, 0.29) is 6.10 Å². The molecular weight excluding hydrogens is 246 g/mol. The molecule has 20 heavy (non-hydrogen) atoms. The maximum absolute atomic E-state index is 6.17. The number of ether oxygens (including phenoxy) is 1. The molecule has 1 aliphatic rings. The molecule has 1 aliphatic carbocycles. The molecule has 2 nitrogen and oxygen atoms in total. The molecule has 0 heterocycles. The first-order chi connectivity index (χ1) is 9.88. The van der Waals surface area contributed by atoms with E-state index in [9.17, 15) is 0 Å². The van der Waals surface area contributed by atoms with Crippen molar-refractivity contribution < 1.29 is 4.74 Å². The van der Waals surface area contributed by atoms with E-state index in [2.05, 4.69) is 60.8 Å². The molecule has 1 N–H and O–H groups in total. The smallest absolute Gasteiger partial charge is 0.0814 e. The van der Waals surface area contributed by atoms with Crippen molar-refractivity contribution in [3.63, 3.8) is 0 Å². The quantitative estimate of drug-likeness (QED) is 0.895. The molecule has 0 saturated heterocycles. The molecular formula is C18H21NO. The molecule has 3 rings (SSSR count). The lowest BCUT2D eigenvalue weighted by atomic mass is 10.1. The topological polar surface area (TPSA) is 21.3 Å². The summed E-state index contributed by atoms with van der Waals surface area (Å²) in [6, 6.07) is 19.4. The number of hydrogen-bond donors (Lipinski definition) is 1. The molecule has 104 valence electrons. The third-order valence-electron chi connectivity index (χ3n) is 3.91. The van der Waals surface area contributed by atoms with Gasteiger partial charge in [0.1, 0.15) is 0 Å². The van der Waals surface area contributed by atoms with Crippen molar-refractivity contribution in [1.82, 2.24) is 5.32 Å². The normalized spacial score (nSPS) is 20.9. The van der Waals surface area contributed by atoms with E-state index < -0.39 is 0 Å². The summed E-state index contributed by atoms with van der Waals surface area (Å²) in [6.07, 6.45) is 1.23. The van der Waals surface area contributed by atoms with Crippen molar-refractivity contribution in [2.24, 2.45) is 0 Å². The molecule has 0 radical (unpaired) electrons. The highest BCUT2D eigenvalue weighted by Crippen LogP contribution is 2.33. The van der Waals surface area contributed by atoms with Crippen LogP contribution in [0, 0.1) is 0 Å². The van der Waals surface area contributed by atoms with Gasteiger partial charge in [0.15, 0.2) is 0 Å². The zero-order valence-corrected chi connectivity index (χ0v) is 11.9. The van der Waals surface area contributed by atoms with E-state index in [1.165, 1.54) is 16.7 Å². The zero-order chi connectivity index (χ0) is 13.8. The Hall–Kier alpha value is -1.64. The maximum atomic E-state index is 6.17. The van der Waals surface area contributed by atoms with Gasteiger partial charge in [-0.25, -0.2) is 0 Å². The SMILES string of the molecule is CCNC1c2ccccc2CC1OCc1ccccc1. The molecule has 0 amide bonds. The molecule has 0 saturated carbocycles. The Morgan fingerprint density at radius 1 is 1.05 bits per heavy atom. The van der Waals surface area contributed by atoms with E-state index >= 15 is 0 Å². The van der Waals surface area contributed by atoms with E-state index in [1.54, 1.807) is 0 Å². The van der Waals surface area contributed by atoms with Crippen LogP contribution < -0.4 is 5.32 Å². The predicted molar refractivity (Wildman–Crippen MR) is 81.6 cm³/mol. The molecule has 2 unspecified atom stereocenters. The highest BCUT2D eigenvalue weighted by Gasteiger charge is 2.32. The van der Waals surface area contributed by atoms with Crippen LogP contribution in [0.2, 0.25) is 0 Å². The highest BCUT2D eigenvalue weighted by atomic mass is 16.5. The number of nitrogens with one attached hydrogen (secondary N) is 1. The number of hydrogen-bond acceptors (Lipinski definition) is 2. The van der Waals surface area contributed by atoms with Crippen LogP contribution in [0.4, 0.5) is 0 Å². The lowest BCUT2D eigenvalue weighted by molar-refractivity contribution is 0.0232. The van der Waals surface area contributed by atoms with Gasteiger partial charge in [-0.1, -0.05) is 61.5 Å². The lowest BCUT2D eigenvalue weighted by Crippen LogP contribution is -2.30. The van der Waals surface area contributed by atoms with Crippen molar-refractivity contribution in [3.8, 4) is 0 Å². The first kappa shape index (κ1) is 13.3. The molecule has 2 atom stereocenters. The summed E-state index contributed by atoms with van der Waals surface area (Å²) in [6.45, 7) is 3.79. The predicted octanol–water partition coefficient (Wildman–Crippen LogP) is 3.48. The van der Waals surface area contributed by atoms with Crippen LogP contribution in [0.15, 0.2) is 54.6 Å². The van der Waals surface area contributed by atoms with Crippen molar-refractivity contribution in [1.29, 1.82) is 0 Å². The second-order valence-corrected chi connectivity index (χ2v) is 5.27. The second-order valence-electron chi connectivity index (χ2n) is 5.27. The number of benzene rings is 2. The van der Waals surface area contributed by atoms with Crippen molar-refractivity contribution >= 4 is 0 Å². The van der Waals surface area contributed by atoms with Crippen LogP contribution >= 0.6 is 0 Å². The average molecular weight is 267 g/mol. The van der Waals surface area contributed by atoms with Gasteiger partial charge in [-0.15, -0.1) is 0 Å². The third-order valence-corrected chi connectivity index (χ3v) is 3.91. The van der Waals surface area contributed by atoms with Gasteiger partial charge in [0.2, 0.25) is 0 Å². The minimum absolute atomic E-state index is 0.229. The largest absolute Gasteiger partial charge is 0.371 e. The Morgan fingerprint density at radius 2 is 1.80 bits per heavy atom. The molecule has 2 aromatic carbocycles. The van der Waals surface area contributed by atoms with Crippen LogP contribution in [0.5, 0.6) is 0 Å². The monoisotopic (exact) mass is 267 g/mol. The second kappa shape index (κ2) is 6.21. The van der Waals surface area contributed by atoms with Crippen LogP contribution in [0.3, 0.4) is 0 Å². The molecule has 2 aromatic rings. The third kappa shape index (κ3) is 2.77. The van der Waals surface area contributed by atoms with Gasteiger partial charge in [0, 0.05) is 6.42 Å². The fraction of sp³-hybridized carbons (Fsp3) is 0.333. The van der Waals surface area contributed by atoms with Crippen LogP contribution in [0.1, 0.15) is 29.7 Å². The fourth-order valence-electron chi connectivity index (χ4n) is 2.95. The van der Waals surface area contributed by atoms with Gasteiger partial charge in [-0.2, -0.15) is 0 Å². The lowest BCUT2D eigenvalue weighted by Gasteiger charge is -2.22. The van der Waals surface area contributed by atoms with Gasteiger partial charge in [-0.05, 0) is 23.2 Å². The highest BCUT2D eigenvalue weighted by molar-refractivity contribution is 5.36. The Bertz CT molecular complexity index is 552. The summed E-state index contributed by atoms with van der Waals surface area (Å²) in [7, 11) is 0. The summed E-state index contributed by atoms with van der Waals surface area (Å²) in [4.78, 5) is 0. The average Bonchev–Trinajstić information content (AvgIpc) is 2.85. The van der Waals surface area contributed by atoms with Gasteiger partial charge < -0.3 is 10.1 Å². The fourth-order valence-corrected chi connectivity index (χ4v) is 2.95. The van der Waals surface area contributed by atoms with E-state index in [0.717, 1.165) is 13.0 Å². The van der Waals surface area contributed by atoms with Gasteiger partial charge in [-0.3, -0.25) is 0 Å². The van der Waals surface area contributed by atoms with Crippen molar-refractivity contribution in [2.75, 3.05) is 6.54 Å². The summed E-state index contributed by atoms with van der Waals surface area (Å²) in [5.74, 6) is 0. The summed E-state index contributed by atoms with van der Waals surface area (Å²) in [5.41, 5.74) is 4.04. The minimum Gasteiger partial charge on any atom is -0.371 e. The summed E-state index contributed by atoms with van der Waals surface area (Å²) in [5, 5.41) is 3.56. The number of rotatable bonds is 5. The van der Waals surface area contributed by atoms with Gasteiger partial charge in [0.25, 0.3) is 0 Å². The van der Waals surface area contributed by atoms with Crippen molar-refractivity contribution in [3.05, 3.63) is 71.3 Å². The Kier molecular flexibility index (Phi) is 4.14. The van der Waals surface area contributed by atoms with Gasteiger partial charge >= 0.3 is 0 Å². The van der Waals surface area contributed by atoms with E-state index in [4.69, 9.17) is 4.74 Å². The zero-order valence-electron chi connectivity index (χ0n) is 11.9. The van der Waals surface area contributed by atoms with Gasteiger partial charge in [0.05, 0.1) is 18.8 Å².